The number of rotatable bonds is 1. The molecule has 0 saturated carbocycles. The van der Waals surface area contributed by atoms with Crippen molar-refractivity contribution in [3.8, 4) is 0 Å². The van der Waals surface area contributed by atoms with Gasteiger partial charge in [-0.1, -0.05) is 17.7 Å². The van der Waals surface area contributed by atoms with Gasteiger partial charge in [0, 0.05) is 11.7 Å². The number of carbonyl (C=O) groups excluding carboxylic acids is 1. The van der Waals surface area contributed by atoms with Crippen molar-refractivity contribution in [2.45, 2.75) is 45.7 Å². The van der Waals surface area contributed by atoms with Gasteiger partial charge in [0.25, 0.3) is 0 Å². The SMILES string of the molecule is Cc1ccc(N2C(=O)C(C)(C)NCCC2C)cc1. The molecule has 1 aromatic rings. The van der Waals surface area contributed by atoms with Gasteiger partial charge in [-0.2, -0.15) is 0 Å². The van der Waals surface area contributed by atoms with E-state index in [4.69, 9.17) is 0 Å². The van der Waals surface area contributed by atoms with E-state index in [0.717, 1.165) is 18.7 Å². The van der Waals surface area contributed by atoms with E-state index >= 15 is 0 Å². The zero-order valence-electron chi connectivity index (χ0n) is 11.7. The molecular formula is C15H22N2O. The third-order valence-electron chi connectivity index (χ3n) is 3.64. The highest BCUT2D eigenvalue weighted by Crippen LogP contribution is 2.25. The summed E-state index contributed by atoms with van der Waals surface area (Å²) in [6.07, 6.45) is 0.975. The highest BCUT2D eigenvalue weighted by atomic mass is 16.2. The lowest BCUT2D eigenvalue weighted by Crippen LogP contribution is -2.53. The fourth-order valence-electron chi connectivity index (χ4n) is 2.38. The number of hydrogen-bond donors (Lipinski definition) is 1. The van der Waals surface area contributed by atoms with E-state index in [9.17, 15) is 4.79 Å². The predicted molar refractivity (Wildman–Crippen MR) is 74.8 cm³/mol. The number of amides is 1. The van der Waals surface area contributed by atoms with Gasteiger partial charge in [-0.05, 0) is 52.8 Å². The summed E-state index contributed by atoms with van der Waals surface area (Å²) in [5.74, 6) is 0.149. The Kier molecular flexibility index (Phi) is 3.44. The average molecular weight is 246 g/mol. The van der Waals surface area contributed by atoms with Crippen LogP contribution in [0.1, 0.15) is 32.8 Å². The molecule has 0 aromatic heterocycles. The molecule has 1 unspecified atom stereocenters. The maximum Gasteiger partial charge on any atom is 0.246 e. The van der Waals surface area contributed by atoms with Crippen molar-refractivity contribution in [2.24, 2.45) is 0 Å². The van der Waals surface area contributed by atoms with Crippen LogP contribution in [0.15, 0.2) is 24.3 Å². The maximum absolute atomic E-state index is 12.6. The lowest BCUT2D eigenvalue weighted by Gasteiger charge is -2.32. The number of nitrogens with zero attached hydrogens (tertiary/aromatic N) is 1. The second kappa shape index (κ2) is 4.73. The Morgan fingerprint density at radius 3 is 2.50 bits per heavy atom. The van der Waals surface area contributed by atoms with E-state index < -0.39 is 5.54 Å². The quantitative estimate of drug-likeness (QED) is 0.825. The summed E-state index contributed by atoms with van der Waals surface area (Å²) < 4.78 is 0. The third-order valence-corrected chi connectivity index (χ3v) is 3.64. The second-order valence-electron chi connectivity index (χ2n) is 5.70. The van der Waals surface area contributed by atoms with Crippen molar-refractivity contribution in [1.29, 1.82) is 0 Å². The molecule has 0 spiro atoms. The van der Waals surface area contributed by atoms with Gasteiger partial charge in [-0.3, -0.25) is 4.79 Å². The maximum atomic E-state index is 12.6. The molecule has 0 aliphatic carbocycles. The van der Waals surface area contributed by atoms with Gasteiger partial charge in [0.2, 0.25) is 5.91 Å². The van der Waals surface area contributed by atoms with Crippen LogP contribution >= 0.6 is 0 Å². The van der Waals surface area contributed by atoms with Gasteiger partial charge >= 0.3 is 0 Å². The number of aryl methyl sites for hydroxylation is 1. The fraction of sp³-hybridized carbons (Fsp3) is 0.533. The average Bonchev–Trinajstić information content (AvgIpc) is 2.40. The molecule has 1 fully saturated rings. The Labute approximate surface area is 109 Å². The van der Waals surface area contributed by atoms with Crippen LogP contribution < -0.4 is 10.2 Å². The first kappa shape index (κ1) is 13.1. The van der Waals surface area contributed by atoms with Crippen molar-refractivity contribution in [3.05, 3.63) is 29.8 Å². The summed E-state index contributed by atoms with van der Waals surface area (Å²) in [4.78, 5) is 14.6. The van der Waals surface area contributed by atoms with E-state index in [1.165, 1.54) is 5.56 Å². The fourth-order valence-corrected chi connectivity index (χ4v) is 2.38. The lowest BCUT2D eigenvalue weighted by atomic mass is 10.0. The molecule has 1 aliphatic heterocycles. The monoisotopic (exact) mass is 246 g/mol. The van der Waals surface area contributed by atoms with Crippen LogP contribution in [0.25, 0.3) is 0 Å². The Balaban J connectivity index is 2.38. The van der Waals surface area contributed by atoms with E-state index in [2.05, 4.69) is 31.3 Å². The van der Waals surface area contributed by atoms with Gasteiger partial charge in [0.1, 0.15) is 0 Å². The molecule has 1 saturated heterocycles. The molecule has 0 radical (unpaired) electrons. The minimum Gasteiger partial charge on any atom is -0.308 e. The Bertz CT molecular complexity index is 436. The van der Waals surface area contributed by atoms with E-state index in [0.29, 0.717) is 0 Å². The van der Waals surface area contributed by atoms with Crippen LogP contribution in [0.5, 0.6) is 0 Å². The third kappa shape index (κ3) is 2.41. The highest BCUT2D eigenvalue weighted by Gasteiger charge is 2.37. The second-order valence-corrected chi connectivity index (χ2v) is 5.70. The molecule has 1 N–H and O–H groups in total. The molecule has 1 heterocycles. The van der Waals surface area contributed by atoms with E-state index in [1.54, 1.807) is 0 Å². The molecule has 98 valence electrons. The van der Waals surface area contributed by atoms with Gasteiger partial charge in [-0.15, -0.1) is 0 Å². The van der Waals surface area contributed by atoms with Crippen LogP contribution in [-0.4, -0.2) is 24.0 Å². The summed E-state index contributed by atoms with van der Waals surface area (Å²) >= 11 is 0. The van der Waals surface area contributed by atoms with Crippen molar-refractivity contribution in [1.82, 2.24) is 5.32 Å². The molecule has 3 nitrogen and oxygen atoms in total. The predicted octanol–water partition coefficient (Wildman–Crippen LogP) is 2.49. The molecule has 18 heavy (non-hydrogen) atoms. The normalized spacial score (nSPS) is 23.9. The lowest BCUT2D eigenvalue weighted by molar-refractivity contribution is -0.123. The molecule has 2 rings (SSSR count). The van der Waals surface area contributed by atoms with Crippen LogP contribution in [0.4, 0.5) is 5.69 Å². The Morgan fingerprint density at radius 2 is 1.89 bits per heavy atom. The minimum atomic E-state index is -0.490. The Morgan fingerprint density at radius 1 is 1.28 bits per heavy atom. The first-order valence-electron chi connectivity index (χ1n) is 6.57. The standard InChI is InChI=1S/C15H22N2O/c1-11-5-7-13(8-6-11)17-12(2)9-10-16-15(3,4)14(17)18/h5-8,12,16H,9-10H2,1-4H3. The molecule has 1 amide bonds. The zero-order chi connectivity index (χ0) is 13.3. The number of carbonyl (C=O) groups is 1. The summed E-state index contributed by atoms with van der Waals surface area (Å²) in [7, 11) is 0. The summed E-state index contributed by atoms with van der Waals surface area (Å²) in [5, 5.41) is 3.32. The van der Waals surface area contributed by atoms with E-state index in [1.807, 2.05) is 30.9 Å². The topological polar surface area (TPSA) is 32.3 Å². The van der Waals surface area contributed by atoms with Crippen LogP contribution in [0.2, 0.25) is 0 Å². The zero-order valence-corrected chi connectivity index (χ0v) is 11.7. The highest BCUT2D eigenvalue weighted by molar-refractivity contribution is 6.00. The van der Waals surface area contributed by atoms with Crippen molar-refractivity contribution in [2.75, 3.05) is 11.4 Å². The molecule has 1 atom stereocenters. The van der Waals surface area contributed by atoms with Crippen molar-refractivity contribution >= 4 is 11.6 Å². The molecule has 1 aliphatic rings. The summed E-state index contributed by atoms with van der Waals surface area (Å²) in [5.41, 5.74) is 1.72. The van der Waals surface area contributed by atoms with Crippen molar-refractivity contribution < 1.29 is 4.79 Å². The number of benzene rings is 1. The smallest absolute Gasteiger partial charge is 0.246 e. The summed E-state index contributed by atoms with van der Waals surface area (Å²) in [6.45, 7) is 8.95. The molecule has 1 aromatic carbocycles. The van der Waals surface area contributed by atoms with Gasteiger partial charge in [0.05, 0.1) is 5.54 Å². The molecular weight excluding hydrogens is 224 g/mol. The van der Waals surface area contributed by atoms with Crippen LogP contribution in [-0.2, 0) is 4.79 Å². The van der Waals surface area contributed by atoms with Gasteiger partial charge < -0.3 is 10.2 Å². The largest absolute Gasteiger partial charge is 0.308 e. The Hall–Kier alpha value is -1.35. The number of nitrogens with one attached hydrogen (secondary N) is 1. The first-order chi connectivity index (χ1) is 8.42. The molecule has 3 heteroatoms. The van der Waals surface area contributed by atoms with Gasteiger partial charge in [-0.25, -0.2) is 0 Å². The van der Waals surface area contributed by atoms with Crippen LogP contribution in [0.3, 0.4) is 0 Å². The van der Waals surface area contributed by atoms with Gasteiger partial charge in [0.15, 0.2) is 0 Å². The number of hydrogen-bond acceptors (Lipinski definition) is 2. The summed E-state index contributed by atoms with van der Waals surface area (Å²) in [6, 6.07) is 8.41. The van der Waals surface area contributed by atoms with Crippen molar-refractivity contribution in [3.63, 3.8) is 0 Å². The first-order valence-corrected chi connectivity index (χ1v) is 6.57. The molecule has 0 bridgehead atoms. The number of anilines is 1. The minimum absolute atomic E-state index is 0.149. The van der Waals surface area contributed by atoms with E-state index in [-0.39, 0.29) is 11.9 Å². The van der Waals surface area contributed by atoms with Crippen LogP contribution in [0, 0.1) is 6.92 Å².